The number of benzene rings is 2. The van der Waals surface area contributed by atoms with Gasteiger partial charge in [-0.25, -0.2) is 9.37 Å². The minimum atomic E-state index is -4.69. The fourth-order valence-electron chi connectivity index (χ4n) is 4.84. The number of hydrogen-bond acceptors (Lipinski definition) is 4. The molecule has 1 heterocycles. The molecule has 11 heteroatoms. The first kappa shape index (κ1) is 29.7. The molecule has 1 fully saturated rings. The fourth-order valence-corrected chi connectivity index (χ4v) is 4.84. The van der Waals surface area contributed by atoms with Crippen LogP contribution in [0, 0.1) is 5.82 Å². The number of amides is 3. The van der Waals surface area contributed by atoms with E-state index in [2.05, 4.69) is 15.6 Å². The van der Waals surface area contributed by atoms with Crippen molar-refractivity contribution in [3.05, 3.63) is 89.9 Å². The monoisotopic (exact) mass is 570 g/mol. The first-order valence-electron chi connectivity index (χ1n) is 13.4. The highest BCUT2D eigenvalue weighted by atomic mass is 19.4. The molecule has 3 amide bonds. The lowest BCUT2D eigenvalue weighted by Crippen LogP contribution is -2.46. The molecule has 1 aliphatic rings. The van der Waals surface area contributed by atoms with Gasteiger partial charge in [-0.05, 0) is 67.3 Å². The maximum atomic E-state index is 13.8. The van der Waals surface area contributed by atoms with Gasteiger partial charge in [0.1, 0.15) is 17.7 Å². The quantitative estimate of drug-likeness (QED) is 0.285. The van der Waals surface area contributed by atoms with E-state index in [0.29, 0.717) is 5.82 Å². The Kier molecular flexibility index (Phi) is 9.69. The van der Waals surface area contributed by atoms with Crippen molar-refractivity contribution < 1.29 is 31.9 Å². The molecule has 1 atom stereocenters. The van der Waals surface area contributed by atoms with E-state index in [1.54, 1.807) is 18.2 Å². The molecule has 4 rings (SSSR count). The second-order valence-corrected chi connectivity index (χ2v) is 9.87. The zero-order valence-electron chi connectivity index (χ0n) is 22.2. The number of rotatable bonds is 10. The van der Waals surface area contributed by atoms with Gasteiger partial charge < -0.3 is 10.6 Å². The maximum Gasteiger partial charge on any atom is 0.416 e. The third kappa shape index (κ3) is 8.12. The fraction of sp³-hybridized carbons (Fsp3) is 0.333. The summed E-state index contributed by atoms with van der Waals surface area (Å²) in [7, 11) is 0. The SMILES string of the molecule is O=C(CCCC(=O)N(c1cccc(C(F)(F)F)c1)[C@H](C(=O)NC1CCCC1)c1ccc(F)cc1)Nc1ccccn1. The summed E-state index contributed by atoms with van der Waals surface area (Å²) in [5.41, 5.74) is -0.893. The van der Waals surface area contributed by atoms with Crippen molar-refractivity contribution in [1.29, 1.82) is 0 Å². The molecule has 2 aromatic carbocycles. The number of alkyl halides is 3. The van der Waals surface area contributed by atoms with Gasteiger partial charge in [-0.1, -0.05) is 37.1 Å². The van der Waals surface area contributed by atoms with Crippen molar-refractivity contribution in [2.45, 2.75) is 63.2 Å². The van der Waals surface area contributed by atoms with Crippen LogP contribution in [-0.4, -0.2) is 28.7 Å². The van der Waals surface area contributed by atoms with Gasteiger partial charge in [0.25, 0.3) is 0 Å². The molecule has 41 heavy (non-hydrogen) atoms. The Bertz CT molecular complexity index is 1340. The zero-order chi connectivity index (χ0) is 29.4. The maximum absolute atomic E-state index is 13.8. The largest absolute Gasteiger partial charge is 0.416 e. The lowest BCUT2D eigenvalue weighted by Gasteiger charge is -2.33. The molecule has 0 saturated heterocycles. The van der Waals surface area contributed by atoms with Gasteiger partial charge in [-0.2, -0.15) is 13.2 Å². The average molecular weight is 571 g/mol. The van der Waals surface area contributed by atoms with Gasteiger partial charge in [0.15, 0.2) is 0 Å². The van der Waals surface area contributed by atoms with Crippen LogP contribution < -0.4 is 15.5 Å². The third-order valence-corrected chi connectivity index (χ3v) is 6.84. The van der Waals surface area contributed by atoms with E-state index >= 15 is 0 Å². The lowest BCUT2D eigenvalue weighted by atomic mass is 10.0. The Balaban J connectivity index is 1.63. The second-order valence-electron chi connectivity index (χ2n) is 9.87. The van der Waals surface area contributed by atoms with Crippen molar-refractivity contribution in [3.63, 3.8) is 0 Å². The summed E-state index contributed by atoms with van der Waals surface area (Å²) in [6.45, 7) is 0. The summed E-state index contributed by atoms with van der Waals surface area (Å²) in [5.74, 6) is -1.86. The van der Waals surface area contributed by atoms with E-state index in [4.69, 9.17) is 0 Å². The number of pyridine rings is 1. The Morgan fingerprint density at radius 1 is 0.951 bits per heavy atom. The molecule has 1 aliphatic carbocycles. The summed E-state index contributed by atoms with van der Waals surface area (Å²) >= 11 is 0. The number of halogens is 4. The molecule has 0 aliphatic heterocycles. The Morgan fingerprint density at radius 3 is 2.34 bits per heavy atom. The molecule has 2 N–H and O–H groups in total. The number of anilines is 2. The van der Waals surface area contributed by atoms with Crippen LogP contribution in [-0.2, 0) is 20.6 Å². The predicted octanol–water partition coefficient (Wildman–Crippen LogP) is 6.18. The molecule has 0 radical (unpaired) electrons. The number of aromatic nitrogens is 1. The highest BCUT2D eigenvalue weighted by Gasteiger charge is 2.36. The van der Waals surface area contributed by atoms with Gasteiger partial charge in [0.05, 0.1) is 5.56 Å². The van der Waals surface area contributed by atoms with Gasteiger partial charge in [-0.3, -0.25) is 19.3 Å². The normalized spacial score (nSPS) is 14.3. The number of hydrogen-bond donors (Lipinski definition) is 2. The summed E-state index contributed by atoms with van der Waals surface area (Å²) < 4.78 is 54.7. The van der Waals surface area contributed by atoms with Crippen LogP contribution in [0.25, 0.3) is 0 Å². The van der Waals surface area contributed by atoms with Gasteiger partial charge in [0.2, 0.25) is 17.7 Å². The number of nitrogens with one attached hydrogen (secondary N) is 2. The van der Waals surface area contributed by atoms with Crippen LogP contribution >= 0.6 is 0 Å². The molecule has 0 bridgehead atoms. The number of carbonyl (C=O) groups excluding carboxylic acids is 3. The van der Waals surface area contributed by atoms with Crippen LogP contribution in [0.5, 0.6) is 0 Å². The summed E-state index contributed by atoms with van der Waals surface area (Å²) in [5, 5.41) is 5.54. The molecule has 0 spiro atoms. The summed E-state index contributed by atoms with van der Waals surface area (Å²) in [4.78, 5) is 44.8. The lowest BCUT2D eigenvalue weighted by molar-refractivity contribution is -0.137. The van der Waals surface area contributed by atoms with Crippen molar-refractivity contribution in [1.82, 2.24) is 10.3 Å². The first-order chi connectivity index (χ1) is 19.6. The Morgan fingerprint density at radius 2 is 1.68 bits per heavy atom. The smallest absolute Gasteiger partial charge is 0.351 e. The zero-order valence-corrected chi connectivity index (χ0v) is 22.2. The molecule has 3 aromatic rings. The molecule has 216 valence electrons. The van der Waals surface area contributed by atoms with E-state index < -0.39 is 41.3 Å². The Hall–Kier alpha value is -4.28. The van der Waals surface area contributed by atoms with Crippen molar-refractivity contribution in [3.8, 4) is 0 Å². The van der Waals surface area contributed by atoms with Crippen LogP contribution in [0.15, 0.2) is 72.9 Å². The standard InChI is InChI=1S/C30H30F4N4O3/c31-22-16-14-20(15-17-22)28(29(41)36-23-8-1-2-9-23)38(24-10-5-7-21(19-24)30(32,33)34)27(40)13-6-12-26(39)37-25-11-3-4-18-35-25/h3-5,7,10-11,14-19,23,28H,1-2,6,8-9,12-13H2,(H,36,41)(H,35,37,39)/t28-/m0/s1. The Labute approximate surface area is 235 Å². The van der Waals surface area contributed by atoms with Gasteiger partial charge >= 0.3 is 6.18 Å². The number of carbonyl (C=O) groups is 3. The van der Waals surface area contributed by atoms with Crippen LogP contribution in [0.1, 0.15) is 62.1 Å². The molecule has 1 saturated carbocycles. The number of nitrogens with zero attached hydrogens (tertiary/aromatic N) is 2. The minimum Gasteiger partial charge on any atom is -0.351 e. The van der Waals surface area contributed by atoms with E-state index in [9.17, 15) is 31.9 Å². The molecule has 0 unspecified atom stereocenters. The van der Waals surface area contributed by atoms with Crippen LogP contribution in [0.4, 0.5) is 29.1 Å². The minimum absolute atomic E-state index is 0.0613. The van der Waals surface area contributed by atoms with Crippen molar-refractivity contribution in [2.24, 2.45) is 0 Å². The topological polar surface area (TPSA) is 91.4 Å². The van der Waals surface area contributed by atoms with E-state index in [0.717, 1.165) is 60.9 Å². The van der Waals surface area contributed by atoms with E-state index in [-0.39, 0.29) is 36.6 Å². The molecular weight excluding hydrogens is 540 g/mol. The van der Waals surface area contributed by atoms with Crippen molar-refractivity contribution >= 4 is 29.2 Å². The third-order valence-electron chi connectivity index (χ3n) is 6.84. The summed E-state index contributed by atoms with van der Waals surface area (Å²) in [6.07, 6.45) is -0.0898. The molecular formula is C30H30F4N4O3. The van der Waals surface area contributed by atoms with Gasteiger partial charge in [0, 0.05) is 30.8 Å². The van der Waals surface area contributed by atoms with E-state index in [1.807, 2.05) is 0 Å². The highest BCUT2D eigenvalue weighted by molar-refractivity contribution is 6.01. The van der Waals surface area contributed by atoms with Gasteiger partial charge in [-0.15, -0.1) is 0 Å². The highest BCUT2D eigenvalue weighted by Crippen LogP contribution is 2.35. The molecule has 7 nitrogen and oxygen atoms in total. The van der Waals surface area contributed by atoms with Crippen LogP contribution in [0.3, 0.4) is 0 Å². The first-order valence-corrected chi connectivity index (χ1v) is 13.4. The van der Waals surface area contributed by atoms with E-state index in [1.165, 1.54) is 24.4 Å². The van der Waals surface area contributed by atoms with Crippen molar-refractivity contribution in [2.75, 3.05) is 10.2 Å². The van der Waals surface area contributed by atoms with Crippen LogP contribution in [0.2, 0.25) is 0 Å². The second kappa shape index (κ2) is 13.4. The average Bonchev–Trinajstić information content (AvgIpc) is 3.45. The predicted molar refractivity (Wildman–Crippen MR) is 145 cm³/mol. The summed E-state index contributed by atoms with van der Waals surface area (Å²) in [6, 6.07) is 12.6. The molecule has 1 aromatic heterocycles.